The topological polar surface area (TPSA) is 90.3 Å². The van der Waals surface area contributed by atoms with Crippen molar-refractivity contribution in [1.29, 1.82) is 0 Å². The van der Waals surface area contributed by atoms with E-state index in [1.54, 1.807) is 11.8 Å². The maximum absolute atomic E-state index is 13.8. The molecule has 1 aliphatic heterocycles. The number of carbonyl (C=O) groups is 1. The van der Waals surface area contributed by atoms with Crippen LogP contribution in [0.1, 0.15) is 35.2 Å². The van der Waals surface area contributed by atoms with Crippen LogP contribution in [0.4, 0.5) is 11.6 Å². The maximum Gasteiger partial charge on any atom is 0.255 e. The number of methoxy groups -OCH3 is 1. The summed E-state index contributed by atoms with van der Waals surface area (Å²) in [6.45, 7) is 6.26. The summed E-state index contributed by atoms with van der Waals surface area (Å²) in [4.78, 5) is 18.1. The largest absolute Gasteiger partial charge is 0.493 e. The van der Waals surface area contributed by atoms with Gasteiger partial charge in [0.05, 0.1) is 17.2 Å². The highest BCUT2D eigenvalue weighted by Gasteiger charge is 2.34. The van der Waals surface area contributed by atoms with E-state index in [1.807, 2.05) is 81.4 Å². The molecule has 1 aliphatic rings. The second-order valence-corrected chi connectivity index (χ2v) is 10.0. The highest BCUT2D eigenvalue weighted by Crippen LogP contribution is 2.43. The molecule has 1 atom stereocenters. The monoisotopic (exact) mass is 573 g/mol. The lowest BCUT2D eigenvalue weighted by Gasteiger charge is -2.29. The highest BCUT2D eigenvalue weighted by molar-refractivity contribution is 9.10. The fraction of sp³-hybridized carbons (Fsp3) is 0.207. The van der Waals surface area contributed by atoms with Crippen molar-refractivity contribution in [3.8, 4) is 11.5 Å². The number of hydrogen-bond donors (Lipinski definition) is 2. The van der Waals surface area contributed by atoms with Crippen LogP contribution >= 0.6 is 15.9 Å². The standard InChI is InChI=1S/C29H28BrN5O3/c1-17-10-11-23(18(2)12-17)34-28(36)25-19(3)33-29-31-16-32-35(29)26(25)21-13-22(30)27(24(14-21)37-4)38-15-20-8-6-5-7-9-20/h5-14,16,26H,15H2,1-4H3,(H,34,36)(H,31,32,33). The summed E-state index contributed by atoms with van der Waals surface area (Å²) >= 11 is 3.67. The summed E-state index contributed by atoms with van der Waals surface area (Å²) in [5, 5.41) is 10.7. The average Bonchev–Trinajstić information content (AvgIpc) is 3.37. The summed E-state index contributed by atoms with van der Waals surface area (Å²) in [5.74, 6) is 1.44. The van der Waals surface area contributed by atoms with Crippen LogP contribution in [0.3, 0.4) is 0 Å². The Morgan fingerprint density at radius 2 is 1.89 bits per heavy atom. The van der Waals surface area contributed by atoms with Crippen molar-refractivity contribution in [2.24, 2.45) is 0 Å². The van der Waals surface area contributed by atoms with Crippen LogP contribution in [0.5, 0.6) is 11.5 Å². The smallest absolute Gasteiger partial charge is 0.255 e. The average molecular weight is 574 g/mol. The summed E-state index contributed by atoms with van der Waals surface area (Å²) in [6, 6.07) is 19.1. The molecule has 0 aliphatic carbocycles. The SMILES string of the molecule is COc1cc(C2C(C(=O)Nc3ccc(C)cc3C)=C(C)Nc3ncnn32)cc(Br)c1OCc1ccccc1. The number of benzene rings is 3. The molecule has 9 heteroatoms. The van der Waals surface area contributed by atoms with Crippen molar-refractivity contribution in [1.82, 2.24) is 14.8 Å². The van der Waals surface area contributed by atoms with Gasteiger partial charge in [0, 0.05) is 11.4 Å². The number of rotatable bonds is 7. The fourth-order valence-electron chi connectivity index (χ4n) is 4.60. The predicted molar refractivity (Wildman–Crippen MR) is 150 cm³/mol. The quantitative estimate of drug-likeness (QED) is 0.274. The first-order chi connectivity index (χ1) is 18.4. The minimum absolute atomic E-state index is 0.229. The lowest BCUT2D eigenvalue weighted by atomic mass is 9.94. The number of carbonyl (C=O) groups excluding carboxylic acids is 1. The molecular formula is C29H28BrN5O3. The fourth-order valence-corrected chi connectivity index (χ4v) is 5.18. The molecule has 0 radical (unpaired) electrons. The number of halogens is 1. The van der Waals surface area contributed by atoms with Gasteiger partial charge in [0.1, 0.15) is 19.0 Å². The van der Waals surface area contributed by atoms with Crippen LogP contribution in [0.25, 0.3) is 0 Å². The Bertz CT molecular complexity index is 1530. The van der Waals surface area contributed by atoms with Crippen molar-refractivity contribution in [2.75, 3.05) is 17.7 Å². The van der Waals surface area contributed by atoms with Crippen LogP contribution in [0, 0.1) is 13.8 Å². The number of allylic oxidation sites excluding steroid dienone is 1. The van der Waals surface area contributed by atoms with Gasteiger partial charge in [-0.2, -0.15) is 10.1 Å². The summed E-state index contributed by atoms with van der Waals surface area (Å²) in [5.41, 5.74) is 5.92. The van der Waals surface area contributed by atoms with E-state index in [-0.39, 0.29) is 5.91 Å². The van der Waals surface area contributed by atoms with Gasteiger partial charge in [-0.25, -0.2) is 4.68 Å². The number of nitrogens with zero attached hydrogens (tertiary/aromatic N) is 3. The second kappa shape index (κ2) is 10.7. The van der Waals surface area contributed by atoms with Gasteiger partial charge in [-0.05, 0) is 71.6 Å². The molecule has 0 bridgehead atoms. The molecule has 8 nitrogen and oxygen atoms in total. The third kappa shape index (κ3) is 5.02. The number of anilines is 2. The molecule has 0 saturated carbocycles. The van der Waals surface area contributed by atoms with Gasteiger partial charge in [-0.15, -0.1) is 0 Å². The van der Waals surface area contributed by atoms with E-state index in [2.05, 4.69) is 36.6 Å². The third-order valence-electron chi connectivity index (χ3n) is 6.46. The van der Waals surface area contributed by atoms with E-state index in [0.717, 1.165) is 27.9 Å². The molecule has 4 aromatic rings. The molecule has 2 heterocycles. The molecule has 38 heavy (non-hydrogen) atoms. The van der Waals surface area contributed by atoms with Crippen molar-refractivity contribution < 1.29 is 14.3 Å². The number of amides is 1. The first kappa shape index (κ1) is 25.5. The Balaban J connectivity index is 1.52. The van der Waals surface area contributed by atoms with Crippen LogP contribution in [-0.4, -0.2) is 27.8 Å². The lowest BCUT2D eigenvalue weighted by Crippen LogP contribution is -2.31. The van der Waals surface area contributed by atoms with E-state index in [4.69, 9.17) is 9.47 Å². The van der Waals surface area contributed by atoms with Crippen molar-refractivity contribution in [3.05, 3.63) is 105 Å². The normalized spacial score (nSPS) is 14.5. The van der Waals surface area contributed by atoms with Crippen molar-refractivity contribution in [2.45, 2.75) is 33.4 Å². The van der Waals surface area contributed by atoms with E-state index < -0.39 is 6.04 Å². The van der Waals surface area contributed by atoms with E-state index >= 15 is 0 Å². The first-order valence-corrected chi connectivity index (χ1v) is 12.9. The zero-order chi connectivity index (χ0) is 26.8. The van der Waals surface area contributed by atoms with E-state index in [1.165, 1.54) is 6.33 Å². The number of nitrogens with one attached hydrogen (secondary N) is 2. The Kier molecular flexibility index (Phi) is 7.20. The van der Waals surface area contributed by atoms with Gasteiger partial charge in [-0.3, -0.25) is 4.79 Å². The van der Waals surface area contributed by atoms with Gasteiger partial charge >= 0.3 is 0 Å². The number of fused-ring (bicyclic) bond motifs is 1. The first-order valence-electron chi connectivity index (χ1n) is 12.2. The second-order valence-electron chi connectivity index (χ2n) is 9.18. The third-order valence-corrected chi connectivity index (χ3v) is 7.05. The number of aromatic nitrogens is 3. The minimum Gasteiger partial charge on any atom is -0.493 e. The Hall–Kier alpha value is -4.11. The lowest BCUT2D eigenvalue weighted by molar-refractivity contribution is -0.113. The Labute approximate surface area is 229 Å². The van der Waals surface area contributed by atoms with Crippen LogP contribution < -0.4 is 20.1 Å². The van der Waals surface area contributed by atoms with Crippen LogP contribution in [0.15, 0.2) is 82.7 Å². The summed E-state index contributed by atoms with van der Waals surface area (Å²) in [7, 11) is 1.60. The number of aryl methyl sites for hydroxylation is 2. The molecule has 1 unspecified atom stereocenters. The van der Waals surface area contributed by atoms with Crippen LogP contribution in [0.2, 0.25) is 0 Å². The van der Waals surface area contributed by atoms with Gasteiger partial charge in [-0.1, -0.05) is 48.0 Å². The van der Waals surface area contributed by atoms with Gasteiger partial charge in [0.2, 0.25) is 5.95 Å². The van der Waals surface area contributed by atoms with Gasteiger partial charge in [0.15, 0.2) is 11.5 Å². The zero-order valence-electron chi connectivity index (χ0n) is 21.6. The maximum atomic E-state index is 13.8. The van der Waals surface area contributed by atoms with Gasteiger partial charge in [0.25, 0.3) is 5.91 Å². The number of hydrogen-bond acceptors (Lipinski definition) is 6. The summed E-state index contributed by atoms with van der Waals surface area (Å²) < 4.78 is 14.3. The molecule has 0 spiro atoms. The van der Waals surface area contributed by atoms with E-state index in [0.29, 0.717) is 39.8 Å². The molecule has 0 saturated heterocycles. The number of ether oxygens (including phenoxy) is 2. The molecule has 2 N–H and O–H groups in total. The zero-order valence-corrected chi connectivity index (χ0v) is 23.2. The molecule has 1 aromatic heterocycles. The van der Waals surface area contributed by atoms with Crippen molar-refractivity contribution >= 4 is 33.5 Å². The minimum atomic E-state index is -0.548. The molecule has 5 rings (SSSR count). The van der Waals surface area contributed by atoms with Crippen molar-refractivity contribution in [3.63, 3.8) is 0 Å². The molecule has 1 amide bonds. The predicted octanol–water partition coefficient (Wildman–Crippen LogP) is 6.17. The summed E-state index contributed by atoms with van der Waals surface area (Å²) in [6.07, 6.45) is 1.47. The molecule has 0 fully saturated rings. The molecule has 194 valence electrons. The van der Waals surface area contributed by atoms with Crippen LogP contribution in [-0.2, 0) is 11.4 Å². The Morgan fingerprint density at radius 1 is 1.11 bits per heavy atom. The van der Waals surface area contributed by atoms with E-state index in [9.17, 15) is 4.79 Å². The molecule has 3 aromatic carbocycles. The van der Waals surface area contributed by atoms with Gasteiger partial charge < -0.3 is 20.1 Å². The Morgan fingerprint density at radius 3 is 2.63 bits per heavy atom. The highest BCUT2D eigenvalue weighted by atomic mass is 79.9. The molecular weight excluding hydrogens is 546 g/mol.